The van der Waals surface area contributed by atoms with Crippen molar-refractivity contribution in [1.29, 1.82) is 0 Å². The third-order valence-corrected chi connectivity index (χ3v) is 13.6. The van der Waals surface area contributed by atoms with E-state index in [0.717, 1.165) is 26.0 Å². The Balaban J connectivity index is 1.28. The van der Waals surface area contributed by atoms with E-state index < -0.39 is 8.32 Å². The number of nitrogens with zero attached hydrogens (tertiary/aromatic N) is 1. The second kappa shape index (κ2) is 11.2. The maximum Gasteiger partial charge on any atom is 0.261 e. The van der Waals surface area contributed by atoms with Crippen LogP contribution < -0.4 is 10.4 Å². The van der Waals surface area contributed by atoms with Gasteiger partial charge in [-0.3, -0.25) is 4.84 Å². The zero-order valence-electron chi connectivity index (χ0n) is 22.9. The molecule has 4 heteroatoms. The minimum Gasteiger partial charge on any atom is -0.407 e. The molecule has 0 N–H and O–H groups in total. The lowest BCUT2D eigenvalue weighted by molar-refractivity contribution is -0.202. The number of benzene rings is 3. The quantitative estimate of drug-likeness (QED) is 0.226. The van der Waals surface area contributed by atoms with Crippen molar-refractivity contribution in [1.82, 2.24) is 5.06 Å². The lowest BCUT2D eigenvalue weighted by atomic mass is 9.80. The van der Waals surface area contributed by atoms with Gasteiger partial charge in [0.25, 0.3) is 8.32 Å². The number of hydrogen-bond donors (Lipinski definition) is 0. The predicted octanol–water partition coefficient (Wildman–Crippen LogP) is 7.03. The van der Waals surface area contributed by atoms with Gasteiger partial charge in [0.15, 0.2) is 0 Å². The molecule has 0 aromatic heterocycles. The van der Waals surface area contributed by atoms with E-state index in [2.05, 4.69) is 117 Å². The molecule has 3 aromatic carbocycles. The molecular formula is C33H43NO2Si. The molecule has 3 aromatic rings. The molecule has 0 spiro atoms. The van der Waals surface area contributed by atoms with Crippen molar-refractivity contribution >= 4 is 18.7 Å². The highest BCUT2D eigenvalue weighted by Gasteiger charge is 2.50. The number of hydroxylamine groups is 2. The fourth-order valence-corrected chi connectivity index (χ4v) is 11.3. The van der Waals surface area contributed by atoms with E-state index in [9.17, 15) is 0 Å². The summed E-state index contributed by atoms with van der Waals surface area (Å²) >= 11 is 0. The summed E-state index contributed by atoms with van der Waals surface area (Å²) in [6, 6.07) is 32.8. The standard InChI is InChI=1S/C33H43NO2Si/c1-32(2,3)37(29-19-9-5-10-20-29,30-21-11-6-12-22-30)35-26-16-14-24-33-23-13-15-25-34(33)36-31(27-33)28-17-7-4-8-18-28/h4-12,17-22,31H,13-16,23-27H2,1-3H3/t31-,33+/m0/s1. The van der Waals surface area contributed by atoms with Gasteiger partial charge >= 0.3 is 0 Å². The lowest BCUT2D eigenvalue weighted by Gasteiger charge is -2.43. The third-order valence-electron chi connectivity index (χ3n) is 8.55. The molecule has 2 fully saturated rings. The molecule has 2 atom stereocenters. The van der Waals surface area contributed by atoms with Gasteiger partial charge in [-0.15, -0.1) is 0 Å². The van der Waals surface area contributed by atoms with Gasteiger partial charge in [0, 0.05) is 25.1 Å². The van der Waals surface area contributed by atoms with Crippen molar-refractivity contribution in [3.8, 4) is 0 Å². The molecule has 2 aliphatic rings. The highest BCUT2D eigenvalue weighted by molar-refractivity contribution is 6.99. The first kappa shape index (κ1) is 26.4. The molecule has 0 saturated carbocycles. The molecule has 196 valence electrons. The Bertz CT molecular complexity index is 1080. The smallest absolute Gasteiger partial charge is 0.261 e. The summed E-state index contributed by atoms with van der Waals surface area (Å²) in [7, 11) is -2.46. The average Bonchev–Trinajstić information content (AvgIpc) is 3.31. The predicted molar refractivity (Wildman–Crippen MR) is 156 cm³/mol. The highest BCUT2D eigenvalue weighted by Crippen LogP contribution is 2.48. The van der Waals surface area contributed by atoms with Crippen molar-refractivity contribution in [2.75, 3.05) is 13.2 Å². The number of rotatable bonds is 9. The Morgan fingerprint density at radius 3 is 2.03 bits per heavy atom. The van der Waals surface area contributed by atoms with Crippen LogP contribution in [0.2, 0.25) is 5.04 Å². The van der Waals surface area contributed by atoms with Crippen LogP contribution in [0.1, 0.15) is 77.4 Å². The molecule has 37 heavy (non-hydrogen) atoms. The van der Waals surface area contributed by atoms with E-state index in [1.807, 2.05) is 0 Å². The molecule has 0 aliphatic carbocycles. The Kier molecular flexibility index (Phi) is 8.01. The Hall–Kier alpha value is -2.24. The first-order valence-electron chi connectivity index (χ1n) is 14.2. The largest absolute Gasteiger partial charge is 0.407 e. The summed E-state index contributed by atoms with van der Waals surface area (Å²) in [4.78, 5) is 6.54. The minimum atomic E-state index is -2.46. The van der Waals surface area contributed by atoms with Crippen LogP contribution in [-0.2, 0) is 9.26 Å². The van der Waals surface area contributed by atoms with Crippen LogP contribution in [0.4, 0.5) is 0 Å². The first-order chi connectivity index (χ1) is 17.9. The van der Waals surface area contributed by atoms with Crippen LogP contribution in [0.15, 0.2) is 91.0 Å². The van der Waals surface area contributed by atoms with Crippen LogP contribution in [-0.4, -0.2) is 32.1 Å². The van der Waals surface area contributed by atoms with Crippen molar-refractivity contribution in [3.63, 3.8) is 0 Å². The number of fused-ring (bicyclic) bond motifs is 1. The molecule has 2 saturated heterocycles. The monoisotopic (exact) mass is 513 g/mol. The molecule has 0 amide bonds. The zero-order valence-corrected chi connectivity index (χ0v) is 23.9. The van der Waals surface area contributed by atoms with E-state index in [-0.39, 0.29) is 16.7 Å². The van der Waals surface area contributed by atoms with Gasteiger partial charge < -0.3 is 4.43 Å². The van der Waals surface area contributed by atoms with E-state index >= 15 is 0 Å². The fourth-order valence-electron chi connectivity index (χ4n) is 6.72. The molecular weight excluding hydrogens is 470 g/mol. The van der Waals surface area contributed by atoms with E-state index in [1.165, 1.54) is 48.0 Å². The Morgan fingerprint density at radius 2 is 1.43 bits per heavy atom. The SMILES string of the molecule is CC(C)(C)[Si](OCCCC[C@@]12CCCCN1O[C@H](c1ccccc1)C2)(c1ccccc1)c1ccccc1. The second-order valence-corrected chi connectivity index (χ2v) is 16.3. The fraction of sp³-hybridized carbons (Fsp3) is 0.455. The van der Waals surface area contributed by atoms with Gasteiger partial charge in [-0.1, -0.05) is 118 Å². The summed E-state index contributed by atoms with van der Waals surface area (Å²) in [5.41, 5.74) is 1.49. The number of hydrogen-bond acceptors (Lipinski definition) is 3. The third kappa shape index (κ3) is 5.35. The molecule has 0 radical (unpaired) electrons. The van der Waals surface area contributed by atoms with Crippen molar-refractivity contribution in [2.24, 2.45) is 0 Å². The van der Waals surface area contributed by atoms with Crippen LogP contribution in [0.5, 0.6) is 0 Å². The maximum atomic E-state index is 7.15. The van der Waals surface area contributed by atoms with Gasteiger partial charge in [0.05, 0.1) is 0 Å². The molecule has 5 rings (SSSR count). The van der Waals surface area contributed by atoms with Gasteiger partial charge in [-0.25, -0.2) is 0 Å². The van der Waals surface area contributed by atoms with Crippen molar-refractivity contribution in [3.05, 3.63) is 96.6 Å². The summed E-state index contributed by atoms with van der Waals surface area (Å²) < 4.78 is 7.15. The molecule has 0 unspecified atom stereocenters. The summed E-state index contributed by atoms with van der Waals surface area (Å²) in [6.07, 6.45) is 8.50. The number of unbranched alkanes of at least 4 members (excludes halogenated alkanes) is 1. The average molecular weight is 514 g/mol. The van der Waals surface area contributed by atoms with Gasteiger partial charge in [0.1, 0.15) is 6.10 Å². The van der Waals surface area contributed by atoms with Crippen LogP contribution in [0, 0.1) is 0 Å². The zero-order chi connectivity index (χ0) is 25.8. The molecule has 2 aliphatic heterocycles. The Labute approximate surface area is 224 Å². The maximum absolute atomic E-state index is 7.15. The van der Waals surface area contributed by atoms with Crippen LogP contribution in [0.3, 0.4) is 0 Å². The Morgan fingerprint density at radius 1 is 0.838 bits per heavy atom. The summed E-state index contributed by atoms with van der Waals surface area (Å²) in [5, 5.41) is 5.11. The molecule has 2 heterocycles. The topological polar surface area (TPSA) is 21.7 Å². The van der Waals surface area contributed by atoms with Crippen molar-refractivity contribution < 1.29 is 9.26 Å². The van der Waals surface area contributed by atoms with Crippen LogP contribution in [0.25, 0.3) is 0 Å². The van der Waals surface area contributed by atoms with E-state index in [1.54, 1.807) is 0 Å². The normalized spacial score (nSPS) is 22.6. The van der Waals surface area contributed by atoms with Crippen molar-refractivity contribution in [2.45, 2.75) is 82.4 Å². The highest BCUT2D eigenvalue weighted by atomic mass is 28.4. The van der Waals surface area contributed by atoms with Gasteiger partial charge in [-0.2, -0.15) is 5.06 Å². The first-order valence-corrected chi connectivity index (χ1v) is 16.1. The van der Waals surface area contributed by atoms with Gasteiger partial charge in [-0.05, 0) is 53.1 Å². The molecule has 0 bridgehead atoms. The van der Waals surface area contributed by atoms with E-state index in [4.69, 9.17) is 9.26 Å². The molecule has 3 nitrogen and oxygen atoms in total. The second-order valence-electron chi connectivity index (χ2n) is 12.0. The van der Waals surface area contributed by atoms with Gasteiger partial charge in [0.2, 0.25) is 0 Å². The van der Waals surface area contributed by atoms with Crippen LogP contribution >= 0.6 is 0 Å². The summed E-state index contributed by atoms with van der Waals surface area (Å²) in [6.45, 7) is 8.93. The summed E-state index contributed by atoms with van der Waals surface area (Å²) in [5.74, 6) is 0. The number of piperidine rings is 1. The minimum absolute atomic E-state index is 0.0246. The van der Waals surface area contributed by atoms with E-state index in [0.29, 0.717) is 0 Å². The lowest BCUT2D eigenvalue weighted by Crippen LogP contribution is -2.66.